The molecule has 7 heteroatoms. The van der Waals surface area contributed by atoms with Crippen LogP contribution in [0.25, 0.3) is 5.69 Å². The van der Waals surface area contributed by atoms with Gasteiger partial charge >= 0.3 is 5.97 Å². The Bertz CT molecular complexity index is 1000. The number of ether oxygens (including phenoxy) is 2. The van der Waals surface area contributed by atoms with E-state index in [2.05, 4.69) is 17.3 Å². The Morgan fingerprint density at radius 3 is 2.32 bits per heavy atom. The Morgan fingerprint density at radius 2 is 1.71 bits per heavy atom. The maximum atomic E-state index is 12.6. The molecule has 162 valence electrons. The maximum Gasteiger partial charge on any atom is 0.363 e. The van der Waals surface area contributed by atoms with Crippen LogP contribution in [0.15, 0.2) is 66.9 Å². The number of aromatic nitrogens is 2. The molecule has 0 aliphatic carbocycles. The predicted molar refractivity (Wildman–Crippen MR) is 117 cm³/mol. The van der Waals surface area contributed by atoms with Gasteiger partial charge in [0.05, 0.1) is 19.0 Å². The van der Waals surface area contributed by atoms with Crippen LogP contribution in [0.4, 0.5) is 0 Å². The number of hydrogen-bond acceptors (Lipinski definition) is 5. The summed E-state index contributed by atoms with van der Waals surface area (Å²) in [7, 11) is 1.45. The zero-order chi connectivity index (χ0) is 22.2. The summed E-state index contributed by atoms with van der Waals surface area (Å²) in [5, 5.41) is 7.15. The van der Waals surface area contributed by atoms with Crippen molar-refractivity contribution in [3.05, 3.63) is 78.1 Å². The van der Waals surface area contributed by atoms with Gasteiger partial charge in [0.1, 0.15) is 0 Å². The number of methoxy groups -OCH3 is 1. The number of carbonyl (C=O) groups is 2. The standard InChI is InChI=1S/C24H27N3O4/c1-4-18(19-11-7-5-8-12-19)15-25-23(28)17(2)31-24(29)22-21(30-3)16-27(26-22)20-13-9-6-10-14-20/h5-14,16-18H,4,15H2,1-3H3,(H,25,28)/t17-,18+/m1/s1. The van der Waals surface area contributed by atoms with Crippen LogP contribution in [-0.4, -0.2) is 41.4 Å². The van der Waals surface area contributed by atoms with Gasteiger partial charge in [0.25, 0.3) is 5.91 Å². The highest BCUT2D eigenvalue weighted by atomic mass is 16.6. The molecule has 0 fully saturated rings. The molecule has 0 saturated carbocycles. The Labute approximate surface area is 182 Å². The zero-order valence-corrected chi connectivity index (χ0v) is 17.9. The summed E-state index contributed by atoms with van der Waals surface area (Å²) < 4.78 is 12.2. The molecule has 1 heterocycles. The SMILES string of the molecule is CC[C@@H](CNC(=O)[C@@H](C)OC(=O)c1nn(-c2ccccc2)cc1OC)c1ccccc1. The predicted octanol–water partition coefficient (Wildman–Crippen LogP) is 3.74. The van der Waals surface area contributed by atoms with E-state index < -0.39 is 12.1 Å². The molecule has 0 unspecified atom stereocenters. The number of nitrogens with one attached hydrogen (secondary N) is 1. The first-order chi connectivity index (χ1) is 15.0. The Balaban J connectivity index is 1.62. The molecule has 3 aromatic rings. The molecule has 7 nitrogen and oxygen atoms in total. The summed E-state index contributed by atoms with van der Waals surface area (Å²) in [6.07, 6.45) is 1.52. The molecule has 3 rings (SSSR count). The summed E-state index contributed by atoms with van der Waals surface area (Å²) in [6.45, 7) is 4.08. The summed E-state index contributed by atoms with van der Waals surface area (Å²) >= 11 is 0. The van der Waals surface area contributed by atoms with Crippen molar-refractivity contribution < 1.29 is 19.1 Å². The second kappa shape index (κ2) is 10.4. The topological polar surface area (TPSA) is 82.5 Å². The first kappa shape index (κ1) is 22.1. The molecular weight excluding hydrogens is 394 g/mol. The number of benzene rings is 2. The van der Waals surface area contributed by atoms with Crippen molar-refractivity contribution in [3.63, 3.8) is 0 Å². The van der Waals surface area contributed by atoms with Gasteiger partial charge in [0.2, 0.25) is 5.69 Å². The van der Waals surface area contributed by atoms with Crippen molar-refractivity contribution in [1.82, 2.24) is 15.1 Å². The largest absolute Gasteiger partial charge is 0.493 e. The van der Waals surface area contributed by atoms with Crippen molar-refractivity contribution in [2.24, 2.45) is 0 Å². The van der Waals surface area contributed by atoms with Crippen LogP contribution < -0.4 is 10.1 Å². The molecule has 1 amide bonds. The van der Waals surface area contributed by atoms with Gasteiger partial charge in [0.15, 0.2) is 11.9 Å². The van der Waals surface area contributed by atoms with E-state index >= 15 is 0 Å². The molecule has 0 spiro atoms. The molecule has 31 heavy (non-hydrogen) atoms. The summed E-state index contributed by atoms with van der Waals surface area (Å²) in [5.41, 5.74) is 1.95. The van der Waals surface area contributed by atoms with Crippen molar-refractivity contribution >= 4 is 11.9 Å². The van der Waals surface area contributed by atoms with Crippen molar-refractivity contribution in [3.8, 4) is 11.4 Å². The number of amides is 1. The molecule has 0 bridgehead atoms. The van der Waals surface area contributed by atoms with Gasteiger partial charge in [-0.05, 0) is 31.0 Å². The highest BCUT2D eigenvalue weighted by Crippen LogP contribution is 2.21. The van der Waals surface area contributed by atoms with Crippen molar-refractivity contribution in [2.45, 2.75) is 32.3 Å². The lowest BCUT2D eigenvalue weighted by molar-refractivity contribution is -0.129. The van der Waals surface area contributed by atoms with Gasteiger partial charge in [0, 0.05) is 12.5 Å². The van der Waals surface area contributed by atoms with Gasteiger partial charge < -0.3 is 14.8 Å². The van der Waals surface area contributed by atoms with Crippen LogP contribution in [0.1, 0.15) is 42.2 Å². The lowest BCUT2D eigenvalue weighted by atomic mass is 9.96. The quantitative estimate of drug-likeness (QED) is 0.532. The monoisotopic (exact) mass is 421 g/mol. The fourth-order valence-electron chi connectivity index (χ4n) is 3.22. The van der Waals surface area contributed by atoms with Crippen molar-refractivity contribution in [1.29, 1.82) is 0 Å². The fraction of sp³-hybridized carbons (Fsp3) is 0.292. The minimum absolute atomic E-state index is 0.0155. The van der Waals surface area contributed by atoms with Gasteiger partial charge in [-0.3, -0.25) is 4.79 Å². The van der Waals surface area contributed by atoms with Crippen LogP contribution in [0.2, 0.25) is 0 Å². The van der Waals surface area contributed by atoms with E-state index in [9.17, 15) is 9.59 Å². The third kappa shape index (κ3) is 5.51. The third-order valence-electron chi connectivity index (χ3n) is 5.05. The molecule has 0 aliphatic heterocycles. The molecular formula is C24H27N3O4. The van der Waals surface area contributed by atoms with Gasteiger partial charge in [-0.2, -0.15) is 5.10 Å². The molecule has 0 saturated heterocycles. The van der Waals surface area contributed by atoms with Crippen LogP contribution in [-0.2, 0) is 9.53 Å². The molecule has 1 N–H and O–H groups in total. The molecule has 1 aromatic heterocycles. The lowest BCUT2D eigenvalue weighted by Crippen LogP contribution is -2.38. The Kier molecular flexibility index (Phi) is 7.43. The van der Waals surface area contributed by atoms with Crippen LogP contribution in [0, 0.1) is 0 Å². The van der Waals surface area contributed by atoms with E-state index in [4.69, 9.17) is 9.47 Å². The highest BCUT2D eigenvalue weighted by Gasteiger charge is 2.25. The molecule has 2 aromatic carbocycles. The van der Waals surface area contributed by atoms with Crippen LogP contribution >= 0.6 is 0 Å². The summed E-state index contributed by atoms with van der Waals surface area (Å²) in [6, 6.07) is 19.3. The molecule has 0 aliphatic rings. The average Bonchev–Trinajstić information content (AvgIpc) is 3.25. The number of rotatable bonds is 9. The molecule has 0 radical (unpaired) electrons. The number of para-hydroxylation sites is 1. The Hall–Kier alpha value is -3.61. The first-order valence-corrected chi connectivity index (χ1v) is 10.3. The third-order valence-corrected chi connectivity index (χ3v) is 5.05. The van der Waals surface area contributed by atoms with Gasteiger partial charge in [-0.1, -0.05) is 55.5 Å². The smallest absolute Gasteiger partial charge is 0.363 e. The second-order valence-electron chi connectivity index (χ2n) is 7.13. The lowest BCUT2D eigenvalue weighted by Gasteiger charge is -2.18. The van der Waals surface area contributed by atoms with E-state index in [1.165, 1.54) is 18.7 Å². The summed E-state index contributed by atoms with van der Waals surface area (Å²) in [5.74, 6) is -0.611. The summed E-state index contributed by atoms with van der Waals surface area (Å²) in [4.78, 5) is 25.1. The minimum atomic E-state index is -0.965. The second-order valence-corrected chi connectivity index (χ2v) is 7.13. The fourth-order valence-corrected chi connectivity index (χ4v) is 3.22. The first-order valence-electron chi connectivity index (χ1n) is 10.3. The average molecular weight is 421 g/mol. The highest BCUT2D eigenvalue weighted by molar-refractivity contribution is 5.92. The molecule has 2 atom stereocenters. The van der Waals surface area contributed by atoms with Crippen LogP contribution in [0.3, 0.4) is 0 Å². The number of carbonyl (C=O) groups excluding carboxylic acids is 2. The van der Waals surface area contributed by atoms with E-state index in [1.54, 1.807) is 6.20 Å². The maximum absolute atomic E-state index is 12.6. The minimum Gasteiger partial charge on any atom is -0.493 e. The van der Waals surface area contributed by atoms with Gasteiger partial charge in [-0.25, -0.2) is 9.48 Å². The van der Waals surface area contributed by atoms with E-state index in [-0.39, 0.29) is 23.3 Å². The van der Waals surface area contributed by atoms with Crippen LogP contribution in [0.5, 0.6) is 5.75 Å². The van der Waals surface area contributed by atoms with E-state index in [1.807, 2.05) is 60.7 Å². The van der Waals surface area contributed by atoms with E-state index in [0.29, 0.717) is 6.54 Å². The number of hydrogen-bond donors (Lipinski definition) is 1. The van der Waals surface area contributed by atoms with E-state index in [0.717, 1.165) is 17.7 Å². The van der Waals surface area contributed by atoms with Gasteiger partial charge in [-0.15, -0.1) is 0 Å². The van der Waals surface area contributed by atoms with Crippen molar-refractivity contribution in [2.75, 3.05) is 13.7 Å². The number of nitrogens with zero attached hydrogens (tertiary/aromatic N) is 2. The zero-order valence-electron chi connectivity index (χ0n) is 17.9. The number of esters is 1. The Morgan fingerprint density at radius 1 is 1.06 bits per heavy atom. The normalized spacial score (nSPS) is 12.6.